The van der Waals surface area contributed by atoms with Crippen molar-refractivity contribution in [3.63, 3.8) is 0 Å². The van der Waals surface area contributed by atoms with Gasteiger partial charge < -0.3 is 5.43 Å². The van der Waals surface area contributed by atoms with E-state index in [1.165, 1.54) is 6.92 Å². The van der Waals surface area contributed by atoms with Crippen LogP contribution in [0.1, 0.15) is 5.56 Å². The van der Waals surface area contributed by atoms with Crippen molar-refractivity contribution >= 4 is 25.9 Å². The van der Waals surface area contributed by atoms with Crippen LogP contribution in [0, 0.1) is 6.92 Å². The van der Waals surface area contributed by atoms with Crippen molar-refractivity contribution in [3.05, 3.63) is 17.7 Å². The molecule has 0 aliphatic heterocycles. The summed E-state index contributed by atoms with van der Waals surface area (Å²) in [6, 6.07) is 1.70. The average Bonchev–Trinajstić information content (AvgIpc) is 2.14. The zero-order valence-electron chi connectivity index (χ0n) is 8.58. The van der Waals surface area contributed by atoms with Crippen LogP contribution in [0.5, 0.6) is 0 Å². The summed E-state index contributed by atoms with van der Waals surface area (Å²) < 4.78 is 61.7. The third-order valence-corrected chi connectivity index (χ3v) is 3.92. The number of nitrogen functional groups attached to an aromatic ring is 1. The maximum absolute atomic E-state index is 11.0. The number of benzene rings is 1. The lowest BCUT2D eigenvalue weighted by Gasteiger charge is -2.10. The Balaban J connectivity index is 3.78. The van der Waals surface area contributed by atoms with Gasteiger partial charge in [0.15, 0.2) is 0 Å². The lowest BCUT2D eigenvalue weighted by molar-refractivity contribution is 0.466. The zero-order valence-corrected chi connectivity index (χ0v) is 10.2. The molecule has 0 aromatic heterocycles. The number of aryl methyl sites for hydroxylation is 1. The van der Waals surface area contributed by atoms with Crippen molar-refractivity contribution in [2.75, 3.05) is 5.43 Å². The fourth-order valence-electron chi connectivity index (χ4n) is 1.22. The van der Waals surface area contributed by atoms with Gasteiger partial charge in [0.25, 0.3) is 20.2 Å². The summed E-state index contributed by atoms with van der Waals surface area (Å²) in [4.78, 5) is -1.85. The molecular formula is C7H10N2O6S2. The van der Waals surface area contributed by atoms with Crippen molar-refractivity contribution in [2.45, 2.75) is 16.7 Å². The molecule has 0 bridgehead atoms. The highest BCUT2D eigenvalue weighted by atomic mass is 32.2. The maximum atomic E-state index is 11.0. The first-order valence-electron chi connectivity index (χ1n) is 4.13. The molecule has 5 N–H and O–H groups in total. The summed E-state index contributed by atoms with van der Waals surface area (Å²) in [6.07, 6.45) is 0. The van der Waals surface area contributed by atoms with Gasteiger partial charge in [-0.3, -0.25) is 14.9 Å². The lowest BCUT2D eigenvalue weighted by atomic mass is 10.2. The zero-order chi connectivity index (χ0) is 13.4. The number of hydrogen-bond donors (Lipinski definition) is 4. The number of nitrogens with one attached hydrogen (secondary N) is 1. The Morgan fingerprint density at radius 1 is 1.06 bits per heavy atom. The highest BCUT2D eigenvalue weighted by molar-refractivity contribution is 7.89. The predicted molar refractivity (Wildman–Crippen MR) is 58.6 cm³/mol. The van der Waals surface area contributed by atoms with Crippen molar-refractivity contribution in [1.82, 2.24) is 0 Å². The van der Waals surface area contributed by atoms with Crippen LogP contribution in [-0.4, -0.2) is 25.9 Å². The number of rotatable bonds is 3. The van der Waals surface area contributed by atoms with Gasteiger partial charge in [0.2, 0.25) is 0 Å². The van der Waals surface area contributed by atoms with E-state index in [-0.39, 0.29) is 11.3 Å². The van der Waals surface area contributed by atoms with Gasteiger partial charge in [-0.15, -0.1) is 0 Å². The minimum atomic E-state index is -4.80. The van der Waals surface area contributed by atoms with E-state index in [0.717, 1.165) is 12.1 Å². The van der Waals surface area contributed by atoms with E-state index in [2.05, 4.69) is 5.43 Å². The van der Waals surface area contributed by atoms with Gasteiger partial charge in [-0.2, -0.15) is 16.8 Å². The van der Waals surface area contributed by atoms with Crippen molar-refractivity contribution < 1.29 is 25.9 Å². The van der Waals surface area contributed by atoms with Crippen LogP contribution in [0.4, 0.5) is 5.69 Å². The van der Waals surface area contributed by atoms with Gasteiger partial charge in [0.05, 0.1) is 5.69 Å². The number of anilines is 1. The number of nitrogens with two attached hydrogens (primary N) is 1. The summed E-state index contributed by atoms with van der Waals surface area (Å²) in [5.41, 5.74) is 2.52. The third kappa shape index (κ3) is 2.92. The second kappa shape index (κ2) is 4.23. The van der Waals surface area contributed by atoms with Crippen LogP contribution < -0.4 is 11.3 Å². The normalized spacial score (nSPS) is 12.5. The van der Waals surface area contributed by atoms with E-state index in [0.29, 0.717) is 0 Å². The minimum absolute atomic E-state index is 0.102. The summed E-state index contributed by atoms with van der Waals surface area (Å²) in [5, 5.41) is 0. The van der Waals surface area contributed by atoms with Gasteiger partial charge >= 0.3 is 0 Å². The third-order valence-electron chi connectivity index (χ3n) is 2.00. The smallest absolute Gasteiger partial charge is 0.295 e. The Hall–Kier alpha value is -1.20. The molecule has 96 valence electrons. The Labute approximate surface area is 97.9 Å². The largest absolute Gasteiger partial charge is 0.324 e. The van der Waals surface area contributed by atoms with E-state index in [1.807, 2.05) is 0 Å². The van der Waals surface area contributed by atoms with E-state index < -0.39 is 30.0 Å². The van der Waals surface area contributed by atoms with Gasteiger partial charge in [-0.1, -0.05) is 0 Å². The molecule has 0 fully saturated rings. The first kappa shape index (κ1) is 13.9. The molecule has 1 aromatic carbocycles. The fraction of sp³-hybridized carbons (Fsp3) is 0.143. The van der Waals surface area contributed by atoms with E-state index in [9.17, 15) is 16.8 Å². The highest BCUT2D eigenvalue weighted by Crippen LogP contribution is 2.27. The molecule has 0 aliphatic rings. The van der Waals surface area contributed by atoms with Crippen molar-refractivity contribution in [3.8, 4) is 0 Å². The number of hydrogen-bond acceptors (Lipinski definition) is 6. The minimum Gasteiger partial charge on any atom is -0.324 e. The van der Waals surface area contributed by atoms with E-state index in [4.69, 9.17) is 14.9 Å². The summed E-state index contributed by atoms with van der Waals surface area (Å²) >= 11 is 0. The van der Waals surface area contributed by atoms with Crippen LogP contribution in [0.25, 0.3) is 0 Å². The Morgan fingerprint density at radius 2 is 1.47 bits per heavy atom. The molecule has 1 aromatic rings. The van der Waals surface area contributed by atoms with Gasteiger partial charge in [0, 0.05) is 0 Å². The first-order chi connectivity index (χ1) is 7.57. The van der Waals surface area contributed by atoms with Gasteiger partial charge in [-0.05, 0) is 24.6 Å². The van der Waals surface area contributed by atoms with E-state index >= 15 is 0 Å². The SMILES string of the molecule is Cc1cc(S(=O)(=O)O)c(S(=O)(=O)O)cc1NN. The second-order valence-electron chi connectivity index (χ2n) is 3.21. The maximum Gasteiger partial charge on any atom is 0.295 e. The molecule has 0 amide bonds. The van der Waals surface area contributed by atoms with Crippen molar-refractivity contribution in [2.24, 2.45) is 5.84 Å². The molecule has 0 unspecified atom stereocenters. The Bertz CT molecular complexity index is 649. The number of hydrazine groups is 1. The van der Waals surface area contributed by atoms with Crippen LogP contribution in [0.2, 0.25) is 0 Å². The summed E-state index contributed by atoms with van der Waals surface area (Å²) in [7, 11) is -9.57. The van der Waals surface area contributed by atoms with E-state index in [1.54, 1.807) is 0 Å². The van der Waals surface area contributed by atoms with Crippen LogP contribution >= 0.6 is 0 Å². The summed E-state index contributed by atoms with van der Waals surface area (Å²) in [5.74, 6) is 5.08. The standard InChI is InChI=1S/C7H10N2O6S2/c1-4-2-6(16(10,11)12)7(17(13,14)15)3-5(4)9-8/h2-3,9H,8H2,1H3,(H,10,11,12)(H,13,14,15). The lowest BCUT2D eigenvalue weighted by Crippen LogP contribution is -2.13. The highest BCUT2D eigenvalue weighted by Gasteiger charge is 2.25. The molecule has 1 rings (SSSR count). The molecule has 0 aliphatic carbocycles. The second-order valence-corrected chi connectivity index (χ2v) is 5.99. The monoisotopic (exact) mass is 282 g/mol. The average molecular weight is 282 g/mol. The van der Waals surface area contributed by atoms with Gasteiger partial charge in [-0.25, -0.2) is 0 Å². The molecule has 0 radical (unpaired) electrons. The van der Waals surface area contributed by atoms with Gasteiger partial charge in [0.1, 0.15) is 9.79 Å². The molecule has 17 heavy (non-hydrogen) atoms. The van der Waals surface area contributed by atoms with Crippen molar-refractivity contribution in [1.29, 1.82) is 0 Å². The summed E-state index contributed by atoms with van der Waals surface area (Å²) in [6.45, 7) is 1.44. The fourth-order valence-corrected chi connectivity index (χ4v) is 3.07. The molecule has 0 saturated heterocycles. The van der Waals surface area contributed by atoms with Crippen LogP contribution in [0.15, 0.2) is 21.9 Å². The molecule has 0 atom stereocenters. The first-order valence-corrected chi connectivity index (χ1v) is 7.01. The van der Waals surface area contributed by atoms with Crippen LogP contribution in [0.3, 0.4) is 0 Å². The Kier molecular flexibility index (Phi) is 3.45. The topological polar surface area (TPSA) is 147 Å². The Morgan fingerprint density at radius 3 is 1.82 bits per heavy atom. The molecule has 10 heteroatoms. The molecule has 8 nitrogen and oxygen atoms in total. The molecule has 0 spiro atoms. The predicted octanol–water partition coefficient (Wildman–Crippen LogP) is -0.226. The molecule has 0 heterocycles. The quantitative estimate of drug-likeness (QED) is 0.338. The molecular weight excluding hydrogens is 272 g/mol. The van der Waals surface area contributed by atoms with Crippen LogP contribution in [-0.2, 0) is 20.2 Å². The molecule has 0 saturated carbocycles.